The third-order valence-electron chi connectivity index (χ3n) is 3.97. The maximum Gasteiger partial charge on any atom is 0.306 e. The number of nitrogens with one attached hydrogen (secondary N) is 2. The van der Waals surface area contributed by atoms with Crippen molar-refractivity contribution in [2.75, 3.05) is 17.2 Å². The number of nitrogens with zero attached hydrogens (tertiary/aromatic N) is 1. The Balaban J connectivity index is 1.72. The number of hydrogen-bond donors (Lipinski definition) is 2. The Morgan fingerprint density at radius 1 is 1.14 bits per heavy atom. The lowest BCUT2D eigenvalue weighted by atomic mass is 10.2. The van der Waals surface area contributed by atoms with Gasteiger partial charge in [0.05, 0.1) is 4.92 Å². The molecule has 0 saturated heterocycles. The van der Waals surface area contributed by atoms with Crippen molar-refractivity contribution < 1.29 is 19.2 Å². The van der Waals surface area contributed by atoms with Crippen molar-refractivity contribution >= 4 is 28.9 Å². The molecule has 0 aliphatic rings. The number of carbonyl (C=O) groups is 2. The summed E-state index contributed by atoms with van der Waals surface area (Å²) in [6, 6.07) is 13.6. The van der Waals surface area contributed by atoms with E-state index in [1.54, 1.807) is 30.3 Å². The van der Waals surface area contributed by atoms with Crippen molar-refractivity contribution in [3.63, 3.8) is 0 Å². The van der Waals surface area contributed by atoms with Crippen LogP contribution in [-0.4, -0.2) is 29.4 Å². The molecule has 2 N–H and O–H groups in total. The van der Waals surface area contributed by atoms with Crippen LogP contribution in [0.3, 0.4) is 0 Å². The maximum absolute atomic E-state index is 12.1. The first-order valence-electron chi connectivity index (χ1n) is 8.91. The van der Waals surface area contributed by atoms with Crippen LogP contribution in [0, 0.1) is 17.0 Å². The molecular formula is C20H23N3O5. The molecule has 8 nitrogen and oxygen atoms in total. The molecule has 8 heteroatoms. The molecule has 0 aromatic heterocycles. The second-order valence-corrected chi connectivity index (χ2v) is 6.29. The summed E-state index contributed by atoms with van der Waals surface area (Å²) in [4.78, 5) is 34.5. The zero-order chi connectivity index (χ0) is 20.5. The molecule has 0 fully saturated rings. The predicted octanol–water partition coefficient (Wildman–Crippen LogP) is 3.67. The molecule has 0 spiro atoms. The van der Waals surface area contributed by atoms with E-state index in [2.05, 4.69) is 10.6 Å². The van der Waals surface area contributed by atoms with Crippen molar-refractivity contribution in [3.8, 4) is 0 Å². The second-order valence-electron chi connectivity index (χ2n) is 6.29. The SMILES string of the molecule is Cc1ccc(NC(=O)[C@H](C)OC(=O)CCCNc2ccccc2[N+](=O)[O-])cc1. The molecule has 0 aliphatic carbocycles. The number of nitro benzene ring substituents is 1. The highest BCUT2D eigenvalue weighted by molar-refractivity contribution is 5.95. The highest BCUT2D eigenvalue weighted by Gasteiger charge is 2.18. The van der Waals surface area contributed by atoms with Gasteiger partial charge in [-0.15, -0.1) is 0 Å². The van der Waals surface area contributed by atoms with Gasteiger partial charge in [-0.3, -0.25) is 19.7 Å². The fourth-order valence-corrected chi connectivity index (χ4v) is 2.43. The number of nitro groups is 1. The van der Waals surface area contributed by atoms with Crippen LogP contribution in [-0.2, 0) is 14.3 Å². The van der Waals surface area contributed by atoms with E-state index in [1.807, 2.05) is 19.1 Å². The van der Waals surface area contributed by atoms with Gasteiger partial charge in [0.25, 0.3) is 11.6 Å². The van der Waals surface area contributed by atoms with E-state index in [4.69, 9.17) is 4.74 Å². The number of hydrogen-bond acceptors (Lipinski definition) is 6. The van der Waals surface area contributed by atoms with Gasteiger partial charge in [-0.25, -0.2) is 0 Å². The summed E-state index contributed by atoms with van der Waals surface area (Å²) in [6.45, 7) is 3.82. The average Bonchev–Trinajstić information content (AvgIpc) is 2.67. The summed E-state index contributed by atoms with van der Waals surface area (Å²) >= 11 is 0. The molecule has 2 rings (SSSR count). The number of para-hydroxylation sites is 2. The summed E-state index contributed by atoms with van der Waals surface area (Å²) in [5.41, 5.74) is 2.08. The third-order valence-corrected chi connectivity index (χ3v) is 3.97. The van der Waals surface area contributed by atoms with E-state index in [0.717, 1.165) is 5.56 Å². The van der Waals surface area contributed by atoms with Crippen LogP contribution in [0.1, 0.15) is 25.3 Å². The molecule has 28 heavy (non-hydrogen) atoms. The van der Waals surface area contributed by atoms with Gasteiger partial charge < -0.3 is 15.4 Å². The summed E-state index contributed by atoms with van der Waals surface area (Å²) in [5.74, 6) is -0.911. The summed E-state index contributed by atoms with van der Waals surface area (Å²) in [6.07, 6.45) is -0.413. The fourth-order valence-electron chi connectivity index (χ4n) is 2.43. The Hall–Kier alpha value is -3.42. The number of amides is 1. The Bertz CT molecular complexity index is 836. The minimum atomic E-state index is -0.919. The van der Waals surface area contributed by atoms with Gasteiger partial charge in [-0.2, -0.15) is 0 Å². The van der Waals surface area contributed by atoms with Gasteiger partial charge in [0.1, 0.15) is 5.69 Å². The van der Waals surface area contributed by atoms with Crippen LogP contribution in [0.5, 0.6) is 0 Å². The van der Waals surface area contributed by atoms with Crippen LogP contribution in [0.25, 0.3) is 0 Å². The average molecular weight is 385 g/mol. The van der Waals surface area contributed by atoms with Gasteiger partial charge in [0.15, 0.2) is 6.10 Å². The quantitative estimate of drug-likeness (QED) is 0.295. The number of anilines is 2. The number of aryl methyl sites for hydroxylation is 1. The van der Waals surface area contributed by atoms with Crippen LogP contribution in [0.4, 0.5) is 17.1 Å². The minimum Gasteiger partial charge on any atom is -0.453 e. The number of rotatable bonds is 9. The van der Waals surface area contributed by atoms with E-state index in [9.17, 15) is 19.7 Å². The van der Waals surface area contributed by atoms with E-state index in [-0.39, 0.29) is 12.1 Å². The third kappa shape index (κ3) is 6.39. The number of esters is 1. The second kappa shape index (κ2) is 10.1. The molecule has 2 aromatic rings. The van der Waals surface area contributed by atoms with Crippen molar-refractivity contribution in [3.05, 3.63) is 64.2 Å². The number of carbonyl (C=O) groups excluding carboxylic acids is 2. The van der Waals surface area contributed by atoms with E-state index >= 15 is 0 Å². The Kier molecular flexibility index (Phi) is 7.50. The lowest BCUT2D eigenvalue weighted by molar-refractivity contribution is -0.384. The van der Waals surface area contributed by atoms with Gasteiger partial charge in [-0.1, -0.05) is 29.8 Å². The molecule has 0 saturated carbocycles. The molecule has 148 valence electrons. The summed E-state index contributed by atoms with van der Waals surface area (Å²) in [7, 11) is 0. The highest BCUT2D eigenvalue weighted by Crippen LogP contribution is 2.23. The van der Waals surface area contributed by atoms with Crippen LogP contribution >= 0.6 is 0 Å². The molecule has 0 heterocycles. The van der Waals surface area contributed by atoms with Crippen LogP contribution < -0.4 is 10.6 Å². The van der Waals surface area contributed by atoms with Crippen molar-refractivity contribution in [2.24, 2.45) is 0 Å². The Morgan fingerprint density at radius 2 is 1.82 bits per heavy atom. The monoisotopic (exact) mass is 385 g/mol. The van der Waals surface area contributed by atoms with E-state index in [0.29, 0.717) is 24.3 Å². The zero-order valence-electron chi connectivity index (χ0n) is 15.8. The molecule has 0 aliphatic heterocycles. The summed E-state index contributed by atoms with van der Waals surface area (Å²) < 4.78 is 5.14. The van der Waals surface area contributed by atoms with E-state index in [1.165, 1.54) is 13.0 Å². The standard InChI is InChI=1S/C20H23N3O5/c1-14-9-11-16(12-10-14)22-20(25)15(2)28-19(24)8-5-13-21-17-6-3-4-7-18(17)23(26)27/h3-4,6-7,9-12,15,21H,5,8,13H2,1-2H3,(H,22,25)/t15-/m0/s1. The molecular weight excluding hydrogens is 362 g/mol. The van der Waals surface area contributed by atoms with Gasteiger partial charge in [0, 0.05) is 24.7 Å². The van der Waals surface area contributed by atoms with Crippen molar-refractivity contribution in [2.45, 2.75) is 32.8 Å². The molecule has 1 atom stereocenters. The zero-order valence-corrected chi connectivity index (χ0v) is 15.8. The van der Waals surface area contributed by atoms with Crippen LogP contribution in [0.2, 0.25) is 0 Å². The lowest BCUT2D eigenvalue weighted by Crippen LogP contribution is -2.30. The smallest absolute Gasteiger partial charge is 0.306 e. The summed E-state index contributed by atoms with van der Waals surface area (Å²) in [5, 5.41) is 16.6. The predicted molar refractivity (Wildman–Crippen MR) is 106 cm³/mol. The lowest BCUT2D eigenvalue weighted by Gasteiger charge is -2.14. The van der Waals surface area contributed by atoms with Gasteiger partial charge in [0.2, 0.25) is 0 Å². The molecule has 0 radical (unpaired) electrons. The highest BCUT2D eigenvalue weighted by atomic mass is 16.6. The first-order valence-corrected chi connectivity index (χ1v) is 8.91. The maximum atomic E-state index is 12.1. The normalized spacial score (nSPS) is 11.4. The number of benzene rings is 2. The van der Waals surface area contributed by atoms with Crippen LogP contribution in [0.15, 0.2) is 48.5 Å². The molecule has 2 aromatic carbocycles. The topological polar surface area (TPSA) is 111 Å². The fraction of sp³-hybridized carbons (Fsp3) is 0.300. The first kappa shape index (κ1) is 20.9. The molecule has 1 amide bonds. The largest absolute Gasteiger partial charge is 0.453 e. The minimum absolute atomic E-state index is 0.0218. The molecule has 0 bridgehead atoms. The van der Waals surface area contributed by atoms with Crippen molar-refractivity contribution in [1.29, 1.82) is 0 Å². The van der Waals surface area contributed by atoms with E-state index < -0.39 is 22.9 Å². The molecule has 0 unspecified atom stereocenters. The Morgan fingerprint density at radius 3 is 2.50 bits per heavy atom. The number of ether oxygens (including phenoxy) is 1. The van der Waals surface area contributed by atoms with Gasteiger partial charge in [-0.05, 0) is 38.5 Å². The Labute approximate surface area is 163 Å². The first-order chi connectivity index (χ1) is 13.4. The van der Waals surface area contributed by atoms with Gasteiger partial charge >= 0.3 is 5.97 Å². The van der Waals surface area contributed by atoms with Crippen molar-refractivity contribution in [1.82, 2.24) is 0 Å².